The number of hydrogen-bond donors (Lipinski definition) is 1. The summed E-state index contributed by atoms with van der Waals surface area (Å²) in [6.45, 7) is 5.01. The second kappa shape index (κ2) is 8.45. The molecule has 3 rings (SSSR count). The summed E-state index contributed by atoms with van der Waals surface area (Å²) in [5, 5.41) is 2.64. The molecular formula is C22H22FN3O. The maximum absolute atomic E-state index is 13.7. The lowest BCUT2D eigenvalue weighted by Gasteiger charge is -2.29. The number of pyridine rings is 1. The third-order valence-corrected chi connectivity index (χ3v) is 4.26. The minimum Gasteiger partial charge on any atom is -0.364 e. The molecule has 0 spiro atoms. The molecule has 2 aromatic carbocycles. The Balaban J connectivity index is 1.73. The van der Waals surface area contributed by atoms with E-state index in [1.54, 1.807) is 24.4 Å². The van der Waals surface area contributed by atoms with Crippen molar-refractivity contribution in [3.63, 3.8) is 0 Å². The predicted molar refractivity (Wildman–Crippen MR) is 106 cm³/mol. The highest BCUT2D eigenvalue weighted by atomic mass is 19.1. The summed E-state index contributed by atoms with van der Waals surface area (Å²) in [6, 6.07) is 20.0. The first-order valence-corrected chi connectivity index (χ1v) is 8.87. The average Bonchev–Trinajstić information content (AvgIpc) is 2.68. The van der Waals surface area contributed by atoms with Crippen LogP contribution >= 0.6 is 0 Å². The van der Waals surface area contributed by atoms with Crippen LogP contribution in [0.5, 0.6) is 0 Å². The van der Waals surface area contributed by atoms with Crippen LogP contribution < -0.4 is 10.2 Å². The van der Waals surface area contributed by atoms with E-state index < -0.39 is 11.7 Å². The molecule has 0 atom stereocenters. The third-order valence-electron chi connectivity index (χ3n) is 4.26. The highest BCUT2D eigenvalue weighted by molar-refractivity contribution is 6.03. The van der Waals surface area contributed by atoms with Gasteiger partial charge in [0.2, 0.25) is 0 Å². The molecule has 0 saturated heterocycles. The van der Waals surface area contributed by atoms with E-state index in [0.29, 0.717) is 5.82 Å². The van der Waals surface area contributed by atoms with E-state index in [4.69, 9.17) is 0 Å². The molecule has 0 saturated carbocycles. The Morgan fingerprint density at radius 3 is 2.37 bits per heavy atom. The minimum absolute atomic E-state index is 0.00346. The van der Waals surface area contributed by atoms with E-state index in [-0.39, 0.29) is 11.6 Å². The Morgan fingerprint density at radius 2 is 1.74 bits per heavy atom. The zero-order chi connectivity index (χ0) is 19.2. The predicted octanol–water partition coefficient (Wildman–Crippen LogP) is 4.89. The van der Waals surface area contributed by atoms with Crippen LogP contribution in [0.25, 0.3) is 0 Å². The van der Waals surface area contributed by atoms with Gasteiger partial charge in [-0.2, -0.15) is 0 Å². The number of benzene rings is 2. The van der Waals surface area contributed by atoms with Crippen LogP contribution in [0.1, 0.15) is 29.8 Å². The van der Waals surface area contributed by atoms with Gasteiger partial charge in [0.1, 0.15) is 11.6 Å². The Labute approximate surface area is 158 Å². The first-order valence-electron chi connectivity index (χ1n) is 8.87. The molecule has 0 bridgehead atoms. The van der Waals surface area contributed by atoms with Gasteiger partial charge in [-0.25, -0.2) is 9.37 Å². The second-order valence-electron chi connectivity index (χ2n) is 6.54. The number of nitrogens with zero attached hydrogens (tertiary/aromatic N) is 2. The number of aromatic nitrogens is 1. The highest BCUT2D eigenvalue weighted by Gasteiger charge is 2.14. The van der Waals surface area contributed by atoms with Gasteiger partial charge in [0, 0.05) is 12.6 Å². The zero-order valence-corrected chi connectivity index (χ0v) is 15.4. The number of anilines is 2. The Bertz CT molecular complexity index is 895. The van der Waals surface area contributed by atoms with Gasteiger partial charge in [0.15, 0.2) is 0 Å². The molecule has 0 fully saturated rings. The molecule has 0 unspecified atom stereocenters. The Hall–Kier alpha value is -3.21. The Kier molecular flexibility index (Phi) is 5.81. The van der Waals surface area contributed by atoms with Crippen LogP contribution in [-0.4, -0.2) is 16.9 Å². The van der Waals surface area contributed by atoms with Crippen molar-refractivity contribution in [2.75, 3.05) is 10.2 Å². The SMILES string of the molecule is CC(C)N(Cc1ccccc1)c1ccc(NC(=O)c2ccccc2F)nc1. The second-order valence-corrected chi connectivity index (χ2v) is 6.54. The fraction of sp³-hybridized carbons (Fsp3) is 0.182. The number of amides is 1. The molecule has 0 aliphatic rings. The van der Waals surface area contributed by atoms with Gasteiger partial charge in [-0.3, -0.25) is 4.79 Å². The van der Waals surface area contributed by atoms with E-state index in [0.717, 1.165) is 12.2 Å². The molecule has 4 nitrogen and oxygen atoms in total. The van der Waals surface area contributed by atoms with Crippen molar-refractivity contribution in [1.82, 2.24) is 4.98 Å². The number of carbonyl (C=O) groups excluding carboxylic acids is 1. The molecule has 1 amide bonds. The summed E-state index contributed by atoms with van der Waals surface area (Å²) >= 11 is 0. The number of rotatable bonds is 6. The van der Waals surface area contributed by atoms with Gasteiger partial charge in [-0.15, -0.1) is 0 Å². The summed E-state index contributed by atoms with van der Waals surface area (Å²) in [7, 11) is 0. The molecule has 0 aliphatic carbocycles. The Morgan fingerprint density at radius 1 is 1.04 bits per heavy atom. The van der Waals surface area contributed by atoms with Crippen LogP contribution in [0.3, 0.4) is 0 Å². The van der Waals surface area contributed by atoms with Crippen molar-refractivity contribution in [2.24, 2.45) is 0 Å². The van der Waals surface area contributed by atoms with E-state index in [9.17, 15) is 9.18 Å². The van der Waals surface area contributed by atoms with Crippen LogP contribution in [0.4, 0.5) is 15.9 Å². The summed E-state index contributed by atoms with van der Waals surface area (Å²) in [5.74, 6) is -0.686. The van der Waals surface area contributed by atoms with Gasteiger partial charge in [-0.05, 0) is 43.7 Å². The topological polar surface area (TPSA) is 45.2 Å². The van der Waals surface area contributed by atoms with Crippen molar-refractivity contribution in [3.8, 4) is 0 Å². The lowest BCUT2D eigenvalue weighted by molar-refractivity contribution is 0.102. The summed E-state index contributed by atoms with van der Waals surface area (Å²) in [4.78, 5) is 18.8. The van der Waals surface area contributed by atoms with Crippen LogP contribution in [0.2, 0.25) is 0 Å². The molecule has 0 aliphatic heterocycles. The molecule has 1 aromatic heterocycles. The normalized spacial score (nSPS) is 10.7. The lowest BCUT2D eigenvalue weighted by atomic mass is 10.1. The molecule has 1 N–H and O–H groups in total. The van der Waals surface area contributed by atoms with Gasteiger partial charge >= 0.3 is 0 Å². The molecule has 5 heteroatoms. The smallest absolute Gasteiger partial charge is 0.259 e. The van der Waals surface area contributed by atoms with Crippen molar-refractivity contribution in [3.05, 3.63) is 89.9 Å². The summed E-state index contributed by atoms with van der Waals surface area (Å²) in [6.07, 6.45) is 1.72. The minimum atomic E-state index is -0.555. The number of halogens is 1. The standard InChI is InChI=1S/C22H22FN3O/c1-16(2)26(15-17-8-4-3-5-9-17)18-12-13-21(24-14-18)25-22(27)19-10-6-7-11-20(19)23/h3-14,16H,15H2,1-2H3,(H,24,25,27). The third kappa shape index (κ3) is 4.70. The van der Waals surface area contributed by atoms with Crippen molar-refractivity contribution < 1.29 is 9.18 Å². The summed E-state index contributed by atoms with van der Waals surface area (Å²) in [5.41, 5.74) is 2.16. The maximum atomic E-state index is 13.7. The average molecular weight is 363 g/mol. The molecule has 1 heterocycles. The first kappa shape index (κ1) is 18.6. The van der Waals surface area contributed by atoms with E-state index in [1.807, 2.05) is 24.3 Å². The largest absolute Gasteiger partial charge is 0.364 e. The monoisotopic (exact) mass is 363 g/mol. The number of hydrogen-bond acceptors (Lipinski definition) is 3. The fourth-order valence-corrected chi connectivity index (χ4v) is 2.81. The van der Waals surface area contributed by atoms with Crippen LogP contribution in [0.15, 0.2) is 72.9 Å². The van der Waals surface area contributed by atoms with Gasteiger partial charge in [-0.1, -0.05) is 42.5 Å². The quantitative estimate of drug-likeness (QED) is 0.678. The van der Waals surface area contributed by atoms with Gasteiger partial charge in [0.05, 0.1) is 17.4 Å². The molecule has 3 aromatic rings. The first-order chi connectivity index (χ1) is 13.0. The number of carbonyl (C=O) groups is 1. The lowest BCUT2D eigenvalue weighted by Crippen LogP contribution is -2.30. The van der Waals surface area contributed by atoms with Crippen LogP contribution in [-0.2, 0) is 6.54 Å². The van der Waals surface area contributed by atoms with E-state index in [1.165, 1.54) is 17.7 Å². The van der Waals surface area contributed by atoms with E-state index in [2.05, 4.69) is 41.2 Å². The fourth-order valence-electron chi connectivity index (χ4n) is 2.81. The van der Waals surface area contributed by atoms with Crippen molar-refractivity contribution >= 4 is 17.4 Å². The summed E-state index contributed by atoms with van der Waals surface area (Å²) < 4.78 is 13.7. The highest BCUT2D eigenvalue weighted by Crippen LogP contribution is 2.21. The maximum Gasteiger partial charge on any atom is 0.259 e. The van der Waals surface area contributed by atoms with Gasteiger partial charge in [0.25, 0.3) is 5.91 Å². The zero-order valence-electron chi connectivity index (χ0n) is 15.4. The molecule has 138 valence electrons. The van der Waals surface area contributed by atoms with Crippen LogP contribution in [0, 0.1) is 5.82 Å². The molecule has 27 heavy (non-hydrogen) atoms. The molecule has 0 radical (unpaired) electrons. The van der Waals surface area contributed by atoms with Crippen molar-refractivity contribution in [2.45, 2.75) is 26.4 Å². The van der Waals surface area contributed by atoms with Crippen molar-refractivity contribution in [1.29, 1.82) is 0 Å². The van der Waals surface area contributed by atoms with E-state index >= 15 is 0 Å². The number of nitrogens with one attached hydrogen (secondary N) is 1. The van der Waals surface area contributed by atoms with Gasteiger partial charge < -0.3 is 10.2 Å². The molecular weight excluding hydrogens is 341 g/mol.